The minimum atomic E-state index is -0.192. The van der Waals surface area contributed by atoms with Gasteiger partial charge in [0.1, 0.15) is 17.5 Å². The summed E-state index contributed by atoms with van der Waals surface area (Å²) in [6, 6.07) is 6.41. The van der Waals surface area contributed by atoms with Gasteiger partial charge in [-0.2, -0.15) is 0 Å². The Kier molecular flexibility index (Phi) is 11.5. The number of hydrogen-bond donors (Lipinski definition) is 3. The molecule has 2 fully saturated rings. The van der Waals surface area contributed by atoms with E-state index in [1.54, 1.807) is 18.5 Å². The van der Waals surface area contributed by atoms with Crippen LogP contribution in [0.25, 0.3) is 11.1 Å². The Balaban J connectivity index is 1.25. The fourth-order valence-corrected chi connectivity index (χ4v) is 6.25. The molecule has 1 aliphatic heterocycles. The van der Waals surface area contributed by atoms with Crippen molar-refractivity contribution in [3.63, 3.8) is 0 Å². The zero-order chi connectivity index (χ0) is 31.8. The summed E-state index contributed by atoms with van der Waals surface area (Å²) < 4.78 is 19.9. The number of anilines is 2. The molecule has 2 aliphatic rings. The van der Waals surface area contributed by atoms with Gasteiger partial charge in [0.05, 0.1) is 49.0 Å². The summed E-state index contributed by atoms with van der Waals surface area (Å²) in [4.78, 5) is 15.8. The van der Waals surface area contributed by atoms with Gasteiger partial charge in [-0.1, -0.05) is 17.7 Å². The number of aromatic nitrogens is 4. The fourth-order valence-electron chi connectivity index (χ4n) is 6.09. The molecular formula is C32H45ClN8O4. The van der Waals surface area contributed by atoms with E-state index in [4.69, 9.17) is 36.6 Å². The van der Waals surface area contributed by atoms with Gasteiger partial charge in [-0.05, 0) is 64.2 Å². The molecule has 1 aromatic carbocycles. The fraction of sp³-hybridized carbons (Fsp3) is 0.562. The smallest absolute Gasteiger partial charge is 0.256 e. The molecule has 2 aromatic heterocycles. The molecule has 0 spiro atoms. The molecule has 244 valence electrons. The maximum absolute atomic E-state index is 9.27. The van der Waals surface area contributed by atoms with E-state index in [0.29, 0.717) is 53.9 Å². The normalized spacial score (nSPS) is 23.2. The molecule has 0 amide bonds. The van der Waals surface area contributed by atoms with Crippen molar-refractivity contribution in [2.24, 2.45) is 10.7 Å². The van der Waals surface area contributed by atoms with Crippen LogP contribution in [0, 0.1) is 0 Å². The predicted molar refractivity (Wildman–Crippen MR) is 176 cm³/mol. The number of ether oxygens (including phenoxy) is 3. The molecule has 4 N–H and O–H groups in total. The van der Waals surface area contributed by atoms with Crippen molar-refractivity contribution in [3.05, 3.63) is 41.8 Å². The zero-order valence-corrected chi connectivity index (χ0v) is 27.1. The average Bonchev–Trinajstić information content (AvgIpc) is 3.43. The van der Waals surface area contributed by atoms with Gasteiger partial charge in [-0.3, -0.25) is 14.6 Å². The minimum Gasteiger partial charge on any atom is -0.487 e. The minimum absolute atomic E-state index is 0.0504. The summed E-state index contributed by atoms with van der Waals surface area (Å²) in [6.45, 7) is 9.05. The SMILES string of the molecule is C[C@@H]1CN(C2CCC(n3cc(Nc4ncc(-c5ccc(Cl)c(O[C@@H](C)CN=CN)c5)cn4)c(OCCCO)n3)CC2)C[C@H](C)O1. The molecule has 0 bridgehead atoms. The maximum Gasteiger partial charge on any atom is 0.256 e. The van der Waals surface area contributed by atoms with E-state index in [0.717, 1.165) is 49.9 Å². The molecule has 3 atom stereocenters. The van der Waals surface area contributed by atoms with Gasteiger partial charge in [0.15, 0.2) is 0 Å². The van der Waals surface area contributed by atoms with Gasteiger partial charge >= 0.3 is 0 Å². The number of hydrogen-bond acceptors (Lipinski definition) is 10. The van der Waals surface area contributed by atoms with Crippen molar-refractivity contribution in [3.8, 4) is 22.8 Å². The largest absolute Gasteiger partial charge is 0.487 e. The number of aliphatic hydroxyl groups is 1. The Morgan fingerprint density at radius 3 is 2.53 bits per heavy atom. The number of nitrogens with one attached hydrogen (secondary N) is 1. The molecule has 12 nitrogen and oxygen atoms in total. The lowest BCUT2D eigenvalue weighted by atomic mass is 9.89. The number of rotatable bonds is 13. The second kappa shape index (κ2) is 15.7. The summed E-state index contributed by atoms with van der Waals surface area (Å²) in [5.74, 6) is 1.45. The van der Waals surface area contributed by atoms with Gasteiger partial charge in [0.25, 0.3) is 5.88 Å². The first kappa shape index (κ1) is 32.9. The number of halogens is 1. The lowest BCUT2D eigenvalue weighted by Crippen LogP contribution is -2.51. The molecule has 5 rings (SSSR count). The van der Waals surface area contributed by atoms with Gasteiger partial charge < -0.3 is 30.4 Å². The highest BCUT2D eigenvalue weighted by Crippen LogP contribution is 2.36. The Morgan fingerprint density at radius 2 is 1.84 bits per heavy atom. The number of nitrogens with two attached hydrogens (primary N) is 1. The van der Waals surface area contributed by atoms with E-state index < -0.39 is 0 Å². The Bertz CT molecular complexity index is 1390. The van der Waals surface area contributed by atoms with Crippen LogP contribution in [0.3, 0.4) is 0 Å². The summed E-state index contributed by atoms with van der Waals surface area (Å²) >= 11 is 6.38. The lowest BCUT2D eigenvalue weighted by Gasteiger charge is -2.42. The van der Waals surface area contributed by atoms with E-state index >= 15 is 0 Å². The van der Waals surface area contributed by atoms with Crippen LogP contribution in [-0.4, -0.2) is 93.3 Å². The Labute approximate surface area is 269 Å². The molecule has 13 heteroatoms. The Morgan fingerprint density at radius 1 is 1.13 bits per heavy atom. The molecule has 1 saturated carbocycles. The van der Waals surface area contributed by atoms with Crippen molar-refractivity contribution in [2.45, 2.75) is 83.3 Å². The third-order valence-corrected chi connectivity index (χ3v) is 8.52. The monoisotopic (exact) mass is 640 g/mol. The third-order valence-electron chi connectivity index (χ3n) is 8.20. The predicted octanol–water partition coefficient (Wildman–Crippen LogP) is 4.85. The van der Waals surface area contributed by atoms with E-state index in [1.165, 1.54) is 6.34 Å². The maximum atomic E-state index is 9.27. The first-order chi connectivity index (χ1) is 21.8. The van der Waals surface area contributed by atoms with Crippen LogP contribution in [0.4, 0.5) is 11.6 Å². The van der Waals surface area contributed by atoms with Crippen molar-refractivity contribution >= 4 is 29.6 Å². The second-order valence-electron chi connectivity index (χ2n) is 11.9. The molecule has 1 saturated heterocycles. The van der Waals surface area contributed by atoms with Crippen LogP contribution in [-0.2, 0) is 4.74 Å². The van der Waals surface area contributed by atoms with Crippen LogP contribution in [0.2, 0.25) is 5.02 Å². The van der Waals surface area contributed by atoms with Crippen LogP contribution >= 0.6 is 11.6 Å². The van der Waals surface area contributed by atoms with E-state index in [1.807, 2.05) is 29.9 Å². The van der Waals surface area contributed by atoms with Crippen LogP contribution < -0.4 is 20.5 Å². The second-order valence-corrected chi connectivity index (χ2v) is 12.3. The van der Waals surface area contributed by atoms with Gasteiger partial charge in [-0.25, -0.2) is 9.97 Å². The summed E-state index contributed by atoms with van der Waals surface area (Å²) in [7, 11) is 0. The molecule has 0 radical (unpaired) electrons. The first-order valence-electron chi connectivity index (χ1n) is 15.8. The lowest BCUT2D eigenvalue weighted by molar-refractivity contribution is -0.0852. The van der Waals surface area contributed by atoms with Crippen molar-refractivity contribution in [2.75, 3.05) is 38.2 Å². The number of aliphatic imine (C=N–C) groups is 1. The third kappa shape index (κ3) is 8.84. The van der Waals surface area contributed by atoms with Gasteiger partial charge in [-0.15, -0.1) is 5.10 Å². The molecule has 45 heavy (non-hydrogen) atoms. The van der Waals surface area contributed by atoms with Gasteiger partial charge in [0, 0.05) is 50.1 Å². The first-order valence-corrected chi connectivity index (χ1v) is 16.2. The molecular weight excluding hydrogens is 596 g/mol. The van der Waals surface area contributed by atoms with Crippen molar-refractivity contribution < 1.29 is 19.3 Å². The standard InChI is InChI=1S/C32H45ClN8O4/c1-21(14-35-20-34)45-30-13-24(5-10-28(30)33)25-15-36-32(37-16-25)38-29-19-41(39-31(29)43-12-4-11-42)27-8-6-26(7-9-27)40-17-22(2)44-23(3)18-40/h5,10,13,15-16,19-23,26-27,42H,4,6-9,11-12,14,17-18H2,1-3H3,(H2,34,35)(H,36,37,38)/t21-,22-,23+,26?,27?/m0/s1. The molecule has 1 aliphatic carbocycles. The topological polar surface area (TPSA) is 145 Å². The van der Waals surface area contributed by atoms with Crippen molar-refractivity contribution in [1.82, 2.24) is 24.6 Å². The van der Waals surface area contributed by atoms with Crippen molar-refractivity contribution in [1.29, 1.82) is 0 Å². The highest BCUT2D eigenvalue weighted by atomic mass is 35.5. The average molecular weight is 641 g/mol. The van der Waals surface area contributed by atoms with Crippen LogP contribution in [0.15, 0.2) is 41.8 Å². The van der Waals surface area contributed by atoms with E-state index in [-0.39, 0.29) is 31.0 Å². The van der Waals surface area contributed by atoms with Crippen LogP contribution in [0.1, 0.15) is 58.9 Å². The van der Waals surface area contributed by atoms with E-state index in [9.17, 15) is 5.11 Å². The highest BCUT2D eigenvalue weighted by molar-refractivity contribution is 6.32. The highest BCUT2D eigenvalue weighted by Gasteiger charge is 2.32. The Hall–Kier alpha value is -3.45. The summed E-state index contributed by atoms with van der Waals surface area (Å²) in [5.41, 5.74) is 7.72. The quantitative estimate of drug-likeness (QED) is 0.135. The molecule has 0 unspecified atom stereocenters. The van der Waals surface area contributed by atoms with E-state index in [2.05, 4.69) is 39.0 Å². The van der Waals surface area contributed by atoms with Crippen LogP contribution in [0.5, 0.6) is 11.6 Å². The summed E-state index contributed by atoms with van der Waals surface area (Å²) in [5, 5.41) is 17.9. The molecule has 3 aromatic rings. The number of morpholine rings is 1. The zero-order valence-electron chi connectivity index (χ0n) is 26.3. The number of benzene rings is 1. The van der Waals surface area contributed by atoms with Gasteiger partial charge in [0.2, 0.25) is 5.95 Å². The number of nitrogens with zero attached hydrogens (tertiary/aromatic N) is 6. The number of aliphatic hydroxyl groups excluding tert-OH is 1. The molecule has 3 heterocycles. The summed E-state index contributed by atoms with van der Waals surface area (Å²) in [6.07, 6.45) is 11.9.